The molecule has 0 saturated carbocycles. The number of amides is 1. The molecule has 3 rings (SSSR count). The zero-order chi connectivity index (χ0) is 26.3. The van der Waals surface area contributed by atoms with E-state index >= 15 is 0 Å². The largest absolute Gasteiger partial charge is 0.504 e. The van der Waals surface area contributed by atoms with Gasteiger partial charge in [-0.2, -0.15) is 0 Å². The van der Waals surface area contributed by atoms with E-state index in [4.69, 9.17) is 9.47 Å². The van der Waals surface area contributed by atoms with Crippen molar-refractivity contribution in [3.8, 4) is 17.2 Å². The van der Waals surface area contributed by atoms with Crippen LogP contribution in [0.4, 0.5) is 0 Å². The Hall–Kier alpha value is -3.84. The number of likely N-dealkylation sites (N-methyl/N-ethyl adjacent to an activating group) is 1. The number of rotatable bonds is 11. The maximum absolute atomic E-state index is 12.7. The van der Waals surface area contributed by atoms with Crippen LogP contribution in [0.3, 0.4) is 0 Å². The number of carbonyl (C=O) groups excluding carboxylic acids is 2. The molecule has 0 aliphatic rings. The summed E-state index contributed by atoms with van der Waals surface area (Å²) in [5, 5.41) is 9.88. The summed E-state index contributed by atoms with van der Waals surface area (Å²) in [6, 6.07) is 22.5. The van der Waals surface area contributed by atoms with Gasteiger partial charge in [-0.3, -0.25) is 4.79 Å². The zero-order valence-electron chi connectivity index (χ0n) is 21.5. The number of phenolic OH excluding ortho intramolecular Hbond substituents is 1. The van der Waals surface area contributed by atoms with E-state index in [1.54, 1.807) is 43.5 Å². The molecule has 36 heavy (non-hydrogen) atoms. The highest BCUT2D eigenvalue weighted by molar-refractivity contribution is 5.95. The highest BCUT2D eigenvalue weighted by Crippen LogP contribution is 2.26. The van der Waals surface area contributed by atoms with Crippen LogP contribution in [0.15, 0.2) is 72.8 Å². The van der Waals surface area contributed by atoms with E-state index in [2.05, 4.69) is 31.2 Å². The topological polar surface area (TPSA) is 79.3 Å². The molecule has 0 fully saturated rings. The third-order valence-corrected chi connectivity index (χ3v) is 5.62. The number of aryl methyl sites for hydroxylation is 1. The van der Waals surface area contributed by atoms with Gasteiger partial charge in [0.2, 0.25) is 0 Å². The van der Waals surface area contributed by atoms with Crippen LogP contribution in [-0.4, -0.2) is 68.0 Å². The molecular weight excluding hydrogens is 456 g/mol. The molecule has 1 N–H and O–H groups in total. The van der Waals surface area contributed by atoms with E-state index in [1.807, 2.05) is 24.1 Å². The van der Waals surface area contributed by atoms with E-state index < -0.39 is 0 Å². The number of aromatic hydroxyl groups is 1. The van der Waals surface area contributed by atoms with Crippen LogP contribution in [0, 0.1) is 0 Å². The number of ether oxygens (including phenoxy) is 2. The number of phenols is 1. The van der Waals surface area contributed by atoms with Crippen LogP contribution in [0.2, 0.25) is 0 Å². The van der Waals surface area contributed by atoms with Gasteiger partial charge >= 0.3 is 0 Å². The molecule has 0 bridgehead atoms. The van der Waals surface area contributed by atoms with E-state index in [9.17, 15) is 14.7 Å². The molecule has 0 aromatic heterocycles. The Bertz CT molecular complexity index is 1070. The lowest BCUT2D eigenvalue weighted by molar-refractivity contribution is -0.108. The van der Waals surface area contributed by atoms with Gasteiger partial charge in [-0.25, -0.2) is 0 Å². The molecule has 0 aliphatic carbocycles. The number of benzene rings is 3. The van der Waals surface area contributed by atoms with Gasteiger partial charge < -0.3 is 29.2 Å². The first-order chi connectivity index (χ1) is 17.4. The van der Waals surface area contributed by atoms with Crippen LogP contribution < -0.4 is 9.47 Å². The average molecular weight is 493 g/mol. The maximum atomic E-state index is 12.7. The molecule has 0 saturated heterocycles. The van der Waals surface area contributed by atoms with Gasteiger partial charge in [0.05, 0.1) is 20.8 Å². The zero-order valence-corrected chi connectivity index (χ0v) is 21.5. The second-order valence-electron chi connectivity index (χ2n) is 8.23. The third-order valence-electron chi connectivity index (χ3n) is 5.62. The van der Waals surface area contributed by atoms with Crippen molar-refractivity contribution in [2.75, 3.05) is 40.9 Å². The standard InChI is InChI=1S/C21H26N2O5.C8H10/c1-22(15-16-4-9-20(28-3)19(25)14-16)10-11-23(12-13-24)21(26)17-5-7-18(27-2)8-6-17;1-2-8-6-4-3-5-7-8/h4-9,13-14,25H,10-12,15H2,1-3H3;3-7H,2H2,1H3. The summed E-state index contributed by atoms with van der Waals surface area (Å²) >= 11 is 0. The summed E-state index contributed by atoms with van der Waals surface area (Å²) in [6.45, 7) is 3.76. The Balaban J connectivity index is 0.000000482. The number of hydrogen-bond acceptors (Lipinski definition) is 6. The fourth-order valence-corrected chi connectivity index (χ4v) is 3.51. The summed E-state index contributed by atoms with van der Waals surface area (Å²) in [6.07, 6.45) is 1.86. The molecule has 1 amide bonds. The Labute approximate surface area is 213 Å². The second-order valence-corrected chi connectivity index (χ2v) is 8.23. The number of carbonyl (C=O) groups is 2. The SMILES string of the molecule is CCc1ccccc1.COc1ccc(C(=O)N(CC=O)CCN(C)Cc2ccc(OC)c(O)c2)cc1. The van der Waals surface area contributed by atoms with Crippen molar-refractivity contribution in [2.45, 2.75) is 19.9 Å². The molecule has 0 radical (unpaired) electrons. The highest BCUT2D eigenvalue weighted by Gasteiger charge is 2.16. The van der Waals surface area contributed by atoms with E-state index in [1.165, 1.54) is 17.6 Å². The van der Waals surface area contributed by atoms with Gasteiger partial charge in [0.15, 0.2) is 11.5 Å². The van der Waals surface area contributed by atoms with Crippen LogP contribution in [0.5, 0.6) is 17.2 Å². The smallest absolute Gasteiger partial charge is 0.254 e. The van der Waals surface area contributed by atoms with Crippen molar-refractivity contribution in [3.05, 3.63) is 89.5 Å². The number of aldehydes is 1. The predicted octanol–water partition coefficient (Wildman–Crippen LogP) is 4.43. The van der Waals surface area contributed by atoms with Crippen LogP contribution in [0.25, 0.3) is 0 Å². The Morgan fingerprint density at radius 3 is 2.14 bits per heavy atom. The second kappa shape index (κ2) is 15.2. The molecule has 7 nitrogen and oxygen atoms in total. The lowest BCUT2D eigenvalue weighted by atomic mass is 10.2. The average Bonchev–Trinajstić information content (AvgIpc) is 2.91. The fraction of sp³-hybridized carbons (Fsp3) is 0.310. The van der Waals surface area contributed by atoms with Crippen molar-refractivity contribution in [2.24, 2.45) is 0 Å². The summed E-state index contributed by atoms with van der Waals surface area (Å²) in [4.78, 5) is 27.2. The minimum absolute atomic E-state index is 0.0298. The van der Waals surface area contributed by atoms with Gasteiger partial charge in [0.1, 0.15) is 12.0 Å². The molecule has 0 spiro atoms. The van der Waals surface area contributed by atoms with Crippen molar-refractivity contribution in [1.82, 2.24) is 9.80 Å². The molecule has 0 atom stereocenters. The minimum atomic E-state index is -0.203. The predicted molar refractivity (Wildman–Crippen MR) is 142 cm³/mol. The van der Waals surface area contributed by atoms with Crippen molar-refractivity contribution < 1.29 is 24.2 Å². The van der Waals surface area contributed by atoms with Gasteiger partial charge in [0, 0.05) is 25.2 Å². The maximum Gasteiger partial charge on any atom is 0.254 e. The monoisotopic (exact) mass is 492 g/mol. The Morgan fingerprint density at radius 2 is 1.61 bits per heavy atom. The molecular formula is C29H36N2O5. The van der Waals surface area contributed by atoms with Crippen LogP contribution in [-0.2, 0) is 17.8 Å². The van der Waals surface area contributed by atoms with Gasteiger partial charge in [-0.05, 0) is 61.0 Å². The first-order valence-corrected chi connectivity index (χ1v) is 11.9. The normalized spacial score (nSPS) is 10.2. The van der Waals surface area contributed by atoms with E-state index in [0.29, 0.717) is 36.7 Å². The molecule has 0 aliphatic heterocycles. The van der Waals surface area contributed by atoms with E-state index in [0.717, 1.165) is 18.3 Å². The van der Waals surface area contributed by atoms with Crippen LogP contribution >= 0.6 is 0 Å². The highest BCUT2D eigenvalue weighted by atomic mass is 16.5. The first kappa shape index (κ1) is 28.4. The lowest BCUT2D eigenvalue weighted by Crippen LogP contribution is -2.38. The summed E-state index contributed by atoms with van der Waals surface area (Å²) in [5.74, 6) is 0.977. The summed E-state index contributed by atoms with van der Waals surface area (Å²) in [7, 11) is 4.98. The van der Waals surface area contributed by atoms with Crippen molar-refractivity contribution >= 4 is 12.2 Å². The lowest BCUT2D eigenvalue weighted by Gasteiger charge is -2.24. The molecule has 7 heteroatoms. The van der Waals surface area contributed by atoms with Crippen molar-refractivity contribution in [1.29, 1.82) is 0 Å². The molecule has 3 aromatic carbocycles. The van der Waals surface area contributed by atoms with Gasteiger partial charge in [-0.15, -0.1) is 0 Å². The quantitative estimate of drug-likeness (QED) is 0.399. The van der Waals surface area contributed by atoms with Crippen LogP contribution in [0.1, 0.15) is 28.4 Å². The minimum Gasteiger partial charge on any atom is -0.504 e. The van der Waals surface area contributed by atoms with Gasteiger partial charge in [0.25, 0.3) is 5.91 Å². The first-order valence-electron chi connectivity index (χ1n) is 11.9. The molecule has 0 heterocycles. The van der Waals surface area contributed by atoms with E-state index in [-0.39, 0.29) is 18.2 Å². The molecule has 192 valence electrons. The molecule has 0 unspecified atom stereocenters. The molecule has 3 aromatic rings. The summed E-state index contributed by atoms with van der Waals surface area (Å²) in [5.41, 5.74) is 2.84. The third kappa shape index (κ3) is 9.07. The Morgan fingerprint density at radius 1 is 0.917 bits per heavy atom. The van der Waals surface area contributed by atoms with Gasteiger partial charge in [-0.1, -0.05) is 43.3 Å². The number of nitrogens with zero attached hydrogens (tertiary/aromatic N) is 2. The summed E-state index contributed by atoms with van der Waals surface area (Å²) < 4.78 is 10.1. The number of hydrogen-bond donors (Lipinski definition) is 1. The number of methoxy groups -OCH3 is 2. The Kier molecular flexibility index (Phi) is 12.0. The fourth-order valence-electron chi connectivity index (χ4n) is 3.51. The van der Waals surface area contributed by atoms with Crippen molar-refractivity contribution in [3.63, 3.8) is 0 Å².